The summed E-state index contributed by atoms with van der Waals surface area (Å²) in [5, 5.41) is 0.212. The SMILES string of the molecule is Nc1nc2c(OCCOc3nccnc3Cl)cccc2o1. The molecule has 1 aromatic carbocycles. The van der Waals surface area contributed by atoms with Crippen LogP contribution >= 0.6 is 11.6 Å². The predicted molar refractivity (Wildman–Crippen MR) is 76.5 cm³/mol. The fraction of sp³-hybridized carbons (Fsp3) is 0.154. The van der Waals surface area contributed by atoms with Crippen molar-refractivity contribution < 1.29 is 13.9 Å². The zero-order chi connectivity index (χ0) is 14.7. The molecule has 108 valence electrons. The Balaban J connectivity index is 1.61. The molecule has 0 aliphatic carbocycles. The maximum absolute atomic E-state index is 5.83. The zero-order valence-corrected chi connectivity index (χ0v) is 11.6. The van der Waals surface area contributed by atoms with E-state index in [9.17, 15) is 0 Å². The molecule has 0 unspecified atom stereocenters. The number of para-hydroxylation sites is 1. The lowest BCUT2D eigenvalue weighted by molar-refractivity contribution is 0.213. The van der Waals surface area contributed by atoms with Crippen LogP contribution in [0.4, 0.5) is 6.01 Å². The molecule has 3 aromatic rings. The number of nitrogens with zero attached hydrogens (tertiary/aromatic N) is 3. The Morgan fingerprint density at radius 1 is 1.14 bits per heavy atom. The molecule has 0 radical (unpaired) electrons. The molecule has 0 atom stereocenters. The van der Waals surface area contributed by atoms with Crippen LogP contribution in [0.1, 0.15) is 0 Å². The van der Waals surface area contributed by atoms with Crippen LogP contribution < -0.4 is 15.2 Å². The van der Waals surface area contributed by atoms with Gasteiger partial charge in [-0.15, -0.1) is 0 Å². The Kier molecular flexibility index (Phi) is 3.74. The first-order valence-electron chi connectivity index (χ1n) is 6.11. The molecule has 8 heteroatoms. The Labute approximate surface area is 124 Å². The van der Waals surface area contributed by atoms with Crippen molar-refractivity contribution in [2.24, 2.45) is 0 Å². The fourth-order valence-corrected chi connectivity index (χ4v) is 1.91. The number of ether oxygens (including phenoxy) is 2. The van der Waals surface area contributed by atoms with Crippen LogP contribution in [0.25, 0.3) is 11.1 Å². The Morgan fingerprint density at radius 2 is 1.95 bits per heavy atom. The molecule has 2 N–H and O–H groups in total. The molecule has 7 nitrogen and oxygen atoms in total. The second-order valence-corrected chi connectivity index (χ2v) is 4.36. The lowest BCUT2D eigenvalue weighted by atomic mass is 10.3. The van der Waals surface area contributed by atoms with E-state index in [1.807, 2.05) is 0 Å². The first-order chi connectivity index (χ1) is 10.2. The van der Waals surface area contributed by atoms with E-state index >= 15 is 0 Å². The number of aromatic nitrogens is 3. The van der Waals surface area contributed by atoms with Gasteiger partial charge < -0.3 is 19.6 Å². The normalized spacial score (nSPS) is 10.7. The van der Waals surface area contributed by atoms with Gasteiger partial charge in [0.2, 0.25) is 0 Å². The Morgan fingerprint density at radius 3 is 2.81 bits per heavy atom. The fourth-order valence-electron chi connectivity index (χ4n) is 1.75. The maximum Gasteiger partial charge on any atom is 0.293 e. The highest BCUT2D eigenvalue weighted by Gasteiger charge is 2.09. The van der Waals surface area contributed by atoms with Gasteiger partial charge in [-0.2, -0.15) is 4.98 Å². The van der Waals surface area contributed by atoms with Crippen LogP contribution in [0.5, 0.6) is 11.6 Å². The summed E-state index contributed by atoms with van der Waals surface area (Å²) in [6.45, 7) is 0.556. The minimum atomic E-state index is 0.101. The second kappa shape index (κ2) is 5.84. The van der Waals surface area contributed by atoms with Gasteiger partial charge in [0.1, 0.15) is 19.0 Å². The minimum absolute atomic E-state index is 0.101. The van der Waals surface area contributed by atoms with Gasteiger partial charge in [0.05, 0.1) is 0 Å². The quantitative estimate of drug-likeness (QED) is 0.722. The smallest absolute Gasteiger partial charge is 0.293 e. The van der Waals surface area contributed by atoms with Crippen LogP contribution in [0, 0.1) is 0 Å². The predicted octanol–water partition coefficient (Wildman–Crippen LogP) is 2.31. The van der Waals surface area contributed by atoms with Crippen molar-refractivity contribution in [2.45, 2.75) is 0 Å². The number of benzene rings is 1. The van der Waals surface area contributed by atoms with Crippen LogP contribution in [0.2, 0.25) is 5.15 Å². The van der Waals surface area contributed by atoms with Crippen molar-refractivity contribution in [1.29, 1.82) is 0 Å². The lowest BCUT2D eigenvalue weighted by Gasteiger charge is -2.08. The van der Waals surface area contributed by atoms with Crippen molar-refractivity contribution in [2.75, 3.05) is 18.9 Å². The van der Waals surface area contributed by atoms with E-state index in [0.717, 1.165) is 0 Å². The van der Waals surface area contributed by atoms with Crippen LogP contribution in [0.15, 0.2) is 35.0 Å². The molecule has 0 bridgehead atoms. The van der Waals surface area contributed by atoms with E-state index in [1.54, 1.807) is 18.2 Å². The zero-order valence-electron chi connectivity index (χ0n) is 10.8. The molecule has 0 spiro atoms. The van der Waals surface area contributed by atoms with E-state index < -0.39 is 0 Å². The average molecular weight is 307 g/mol. The molecule has 3 rings (SSSR count). The van der Waals surface area contributed by atoms with Crippen molar-refractivity contribution >= 4 is 28.7 Å². The third kappa shape index (κ3) is 2.97. The Hall–Kier alpha value is -2.54. The maximum atomic E-state index is 5.83. The molecule has 2 heterocycles. The van der Waals surface area contributed by atoms with Crippen molar-refractivity contribution in [3.05, 3.63) is 35.7 Å². The van der Waals surface area contributed by atoms with Gasteiger partial charge >= 0.3 is 0 Å². The molecule has 21 heavy (non-hydrogen) atoms. The summed E-state index contributed by atoms with van der Waals surface area (Å²) in [6.07, 6.45) is 2.99. The molecule has 0 aliphatic rings. The molecule has 0 saturated heterocycles. The number of fused-ring (bicyclic) bond motifs is 1. The van der Waals surface area contributed by atoms with E-state index in [4.69, 9.17) is 31.2 Å². The summed E-state index contributed by atoms with van der Waals surface area (Å²) < 4.78 is 16.2. The summed E-state index contributed by atoms with van der Waals surface area (Å²) in [5.41, 5.74) is 6.67. The third-order valence-electron chi connectivity index (χ3n) is 2.60. The highest BCUT2D eigenvalue weighted by Crippen LogP contribution is 2.26. The topological polar surface area (TPSA) is 96.3 Å². The molecule has 0 fully saturated rings. The summed E-state index contributed by atoms with van der Waals surface area (Å²) in [7, 11) is 0. The van der Waals surface area contributed by atoms with E-state index in [-0.39, 0.29) is 23.7 Å². The summed E-state index contributed by atoms with van der Waals surface area (Å²) >= 11 is 5.83. The number of oxazole rings is 1. The van der Waals surface area contributed by atoms with Gasteiger partial charge in [0, 0.05) is 12.4 Å². The van der Waals surface area contributed by atoms with Gasteiger partial charge in [0.15, 0.2) is 16.3 Å². The molecule has 0 amide bonds. The summed E-state index contributed by atoms with van der Waals surface area (Å²) in [6, 6.07) is 5.44. The number of hydrogen-bond acceptors (Lipinski definition) is 7. The minimum Gasteiger partial charge on any atom is -0.488 e. The van der Waals surface area contributed by atoms with Crippen LogP contribution in [0.3, 0.4) is 0 Å². The van der Waals surface area contributed by atoms with Crippen molar-refractivity contribution in [1.82, 2.24) is 15.0 Å². The van der Waals surface area contributed by atoms with E-state index in [1.165, 1.54) is 12.4 Å². The first kappa shape index (κ1) is 13.4. The highest BCUT2D eigenvalue weighted by molar-refractivity contribution is 6.30. The molecular weight excluding hydrogens is 296 g/mol. The van der Waals surface area contributed by atoms with Gasteiger partial charge in [-0.1, -0.05) is 17.7 Å². The number of nitrogen functional groups attached to an aromatic ring is 1. The standard InChI is InChI=1S/C13H11ClN4O3/c14-11-12(17-5-4-16-11)20-7-6-19-8-2-1-3-9-10(8)18-13(15)21-9/h1-5H,6-7H2,(H2,15,18). The van der Waals surface area contributed by atoms with Gasteiger partial charge in [-0.3, -0.25) is 0 Å². The lowest BCUT2D eigenvalue weighted by Crippen LogP contribution is -2.10. The molecule has 0 aliphatic heterocycles. The number of anilines is 1. The summed E-state index contributed by atoms with van der Waals surface area (Å²) in [4.78, 5) is 11.9. The Bertz CT molecular complexity index is 762. The first-order valence-corrected chi connectivity index (χ1v) is 6.49. The summed E-state index contributed by atoms with van der Waals surface area (Å²) in [5.74, 6) is 0.841. The third-order valence-corrected chi connectivity index (χ3v) is 2.86. The van der Waals surface area contributed by atoms with Crippen molar-refractivity contribution in [3.8, 4) is 11.6 Å². The largest absolute Gasteiger partial charge is 0.488 e. The molecule has 2 aromatic heterocycles. The number of hydrogen-bond donors (Lipinski definition) is 1. The number of rotatable bonds is 5. The van der Waals surface area contributed by atoms with E-state index in [0.29, 0.717) is 23.5 Å². The van der Waals surface area contributed by atoms with E-state index in [2.05, 4.69) is 15.0 Å². The highest BCUT2D eigenvalue weighted by atomic mass is 35.5. The number of halogens is 1. The molecular formula is C13H11ClN4O3. The monoisotopic (exact) mass is 306 g/mol. The molecule has 0 saturated carbocycles. The van der Waals surface area contributed by atoms with Gasteiger partial charge in [0.25, 0.3) is 11.9 Å². The second-order valence-electron chi connectivity index (χ2n) is 4.00. The van der Waals surface area contributed by atoms with Crippen molar-refractivity contribution in [3.63, 3.8) is 0 Å². The van der Waals surface area contributed by atoms with Crippen LogP contribution in [-0.2, 0) is 0 Å². The number of nitrogens with two attached hydrogens (primary N) is 1. The average Bonchev–Trinajstić information content (AvgIpc) is 2.86. The van der Waals surface area contributed by atoms with Crippen LogP contribution in [-0.4, -0.2) is 28.2 Å². The van der Waals surface area contributed by atoms with Gasteiger partial charge in [-0.05, 0) is 12.1 Å². The van der Waals surface area contributed by atoms with Gasteiger partial charge in [-0.25, -0.2) is 9.97 Å².